The number of benzene rings is 1. The Labute approximate surface area is 130 Å². The Bertz CT molecular complexity index is 442. The van der Waals surface area contributed by atoms with E-state index in [1.807, 2.05) is 0 Å². The van der Waals surface area contributed by atoms with Crippen LogP contribution < -0.4 is 14.8 Å². The fourth-order valence-corrected chi connectivity index (χ4v) is 2.75. The number of nitrogens with one attached hydrogen (secondary N) is 1. The van der Waals surface area contributed by atoms with Crippen LogP contribution in [0.4, 0.5) is 0 Å². The summed E-state index contributed by atoms with van der Waals surface area (Å²) in [7, 11) is 0. The van der Waals surface area contributed by atoms with Gasteiger partial charge in [0.2, 0.25) is 0 Å². The molecule has 1 aliphatic rings. The van der Waals surface area contributed by atoms with Crippen LogP contribution in [-0.2, 0) is 11.3 Å². The summed E-state index contributed by atoms with van der Waals surface area (Å²) >= 11 is 1.72. The van der Waals surface area contributed by atoms with Crippen molar-refractivity contribution in [3.8, 4) is 11.5 Å². The van der Waals surface area contributed by atoms with E-state index in [0.29, 0.717) is 26.4 Å². The Morgan fingerprint density at radius 3 is 2.71 bits per heavy atom. The molecule has 0 saturated heterocycles. The molecular formula is C15H23NO4S. The van der Waals surface area contributed by atoms with E-state index in [1.165, 1.54) is 10.5 Å². The molecule has 0 fully saturated rings. The number of aliphatic hydroxyl groups excluding tert-OH is 1. The fourth-order valence-electron chi connectivity index (χ4n) is 2.13. The van der Waals surface area contributed by atoms with Gasteiger partial charge in [0, 0.05) is 18.0 Å². The van der Waals surface area contributed by atoms with E-state index in [4.69, 9.17) is 19.3 Å². The van der Waals surface area contributed by atoms with Crippen LogP contribution in [0.1, 0.15) is 12.0 Å². The zero-order chi connectivity index (χ0) is 14.9. The third-order valence-electron chi connectivity index (χ3n) is 3.14. The molecule has 0 spiro atoms. The highest BCUT2D eigenvalue weighted by atomic mass is 32.2. The van der Waals surface area contributed by atoms with E-state index < -0.39 is 0 Å². The molecule has 1 aromatic rings. The number of hydrogen-bond donors (Lipinski definition) is 2. The number of aliphatic hydroxyl groups is 1. The van der Waals surface area contributed by atoms with Crippen LogP contribution in [0.3, 0.4) is 0 Å². The average Bonchev–Trinajstić information content (AvgIpc) is 2.53. The lowest BCUT2D eigenvalue weighted by Gasteiger charge is -2.21. The zero-order valence-electron chi connectivity index (χ0n) is 12.4. The molecule has 0 bridgehead atoms. The van der Waals surface area contributed by atoms with Crippen molar-refractivity contribution in [1.82, 2.24) is 5.32 Å². The summed E-state index contributed by atoms with van der Waals surface area (Å²) in [5.41, 5.74) is 1.23. The summed E-state index contributed by atoms with van der Waals surface area (Å²) in [4.78, 5) is 1.21. The molecule has 21 heavy (non-hydrogen) atoms. The summed E-state index contributed by atoms with van der Waals surface area (Å²) in [5, 5.41) is 12.0. The third kappa shape index (κ3) is 5.07. The number of fused-ring (bicyclic) bond motifs is 1. The molecule has 0 aromatic heterocycles. The van der Waals surface area contributed by atoms with Crippen LogP contribution in [0, 0.1) is 0 Å². The molecular weight excluding hydrogens is 290 g/mol. The van der Waals surface area contributed by atoms with E-state index in [0.717, 1.165) is 31.0 Å². The SMILES string of the molecule is CSc1cc2c(cc1CNCCCOCCO)OCCO2. The second kappa shape index (κ2) is 9.15. The minimum absolute atomic E-state index is 0.0850. The Kier molecular flexibility index (Phi) is 7.15. The smallest absolute Gasteiger partial charge is 0.162 e. The van der Waals surface area contributed by atoms with E-state index in [-0.39, 0.29) is 6.61 Å². The van der Waals surface area contributed by atoms with Crippen LogP contribution in [0.5, 0.6) is 11.5 Å². The molecule has 1 aromatic carbocycles. The summed E-state index contributed by atoms with van der Waals surface area (Å²) in [6.07, 6.45) is 3.00. The van der Waals surface area contributed by atoms with Gasteiger partial charge in [-0.25, -0.2) is 0 Å². The summed E-state index contributed by atoms with van der Waals surface area (Å²) in [5.74, 6) is 1.67. The predicted molar refractivity (Wildman–Crippen MR) is 83.4 cm³/mol. The first-order chi connectivity index (χ1) is 10.3. The van der Waals surface area contributed by atoms with Crippen molar-refractivity contribution in [2.45, 2.75) is 17.9 Å². The average molecular weight is 313 g/mol. The van der Waals surface area contributed by atoms with Crippen molar-refractivity contribution in [3.05, 3.63) is 17.7 Å². The minimum Gasteiger partial charge on any atom is -0.486 e. The van der Waals surface area contributed by atoms with Crippen molar-refractivity contribution in [3.63, 3.8) is 0 Å². The molecule has 0 aliphatic carbocycles. The zero-order valence-corrected chi connectivity index (χ0v) is 13.2. The quantitative estimate of drug-likeness (QED) is 0.534. The maximum absolute atomic E-state index is 8.61. The predicted octanol–water partition coefficient (Wildman–Crippen LogP) is 1.67. The number of thioether (sulfide) groups is 1. The number of hydrogen-bond acceptors (Lipinski definition) is 6. The Hall–Kier alpha value is -0.950. The Morgan fingerprint density at radius 2 is 2.00 bits per heavy atom. The lowest BCUT2D eigenvalue weighted by atomic mass is 10.2. The van der Waals surface area contributed by atoms with Crippen LogP contribution in [0.2, 0.25) is 0 Å². The van der Waals surface area contributed by atoms with Gasteiger partial charge in [0.25, 0.3) is 0 Å². The van der Waals surface area contributed by atoms with Crippen molar-refractivity contribution in [1.29, 1.82) is 0 Å². The van der Waals surface area contributed by atoms with Gasteiger partial charge >= 0.3 is 0 Å². The molecule has 0 amide bonds. The van der Waals surface area contributed by atoms with Gasteiger partial charge in [-0.2, -0.15) is 0 Å². The largest absolute Gasteiger partial charge is 0.486 e. The molecule has 118 valence electrons. The van der Waals surface area contributed by atoms with Gasteiger partial charge in [-0.3, -0.25) is 0 Å². The van der Waals surface area contributed by atoms with Gasteiger partial charge < -0.3 is 24.6 Å². The van der Waals surface area contributed by atoms with Crippen molar-refractivity contribution in [2.75, 3.05) is 45.8 Å². The first-order valence-electron chi connectivity index (χ1n) is 7.21. The summed E-state index contributed by atoms with van der Waals surface area (Å²) < 4.78 is 16.5. The van der Waals surface area contributed by atoms with Gasteiger partial charge in [-0.05, 0) is 36.9 Å². The Balaban J connectivity index is 1.81. The lowest BCUT2D eigenvalue weighted by molar-refractivity contribution is 0.0907. The standard InChI is InChI=1S/C15H23NO4S/c1-21-15-10-14-13(19-7-8-20-14)9-12(15)11-16-3-2-5-18-6-4-17/h9-10,16-17H,2-8,11H2,1H3. The second-order valence-corrected chi connectivity index (χ2v) is 5.52. The van der Waals surface area contributed by atoms with Crippen molar-refractivity contribution in [2.24, 2.45) is 0 Å². The summed E-state index contributed by atoms with van der Waals surface area (Å²) in [6.45, 7) is 4.08. The van der Waals surface area contributed by atoms with Gasteiger partial charge in [0.1, 0.15) is 13.2 Å². The molecule has 1 heterocycles. The molecule has 2 rings (SSSR count). The highest BCUT2D eigenvalue weighted by Gasteiger charge is 2.15. The van der Waals surface area contributed by atoms with Gasteiger partial charge in [-0.15, -0.1) is 11.8 Å². The topological polar surface area (TPSA) is 60.0 Å². The molecule has 0 radical (unpaired) electrons. The van der Waals surface area contributed by atoms with E-state index in [1.54, 1.807) is 11.8 Å². The van der Waals surface area contributed by atoms with Crippen molar-refractivity contribution < 1.29 is 19.3 Å². The van der Waals surface area contributed by atoms with Crippen LogP contribution in [-0.4, -0.2) is 50.9 Å². The molecule has 0 saturated carbocycles. The molecule has 5 nitrogen and oxygen atoms in total. The highest BCUT2D eigenvalue weighted by molar-refractivity contribution is 7.98. The number of rotatable bonds is 9. The third-order valence-corrected chi connectivity index (χ3v) is 3.96. The molecule has 6 heteroatoms. The fraction of sp³-hybridized carbons (Fsp3) is 0.600. The number of ether oxygens (including phenoxy) is 3. The van der Waals surface area contributed by atoms with Crippen LogP contribution in [0.15, 0.2) is 17.0 Å². The second-order valence-electron chi connectivity index (χ2n) is 4.67. The van der Waals surface area contributed by atoms with E-state index in [9.17, 15) is 0 Å². The van der Waals surface area contributed by atoms with Gasteiger partial charge in [0.05, 0.1) is 13.2 Å². The molecule has 0 unspecified atom stereocenters. The molecule has 2 N–H and O–H groups in total. The molecule has 1 aliphatic heterocycles. The highest BCUT2D eigenvalue weighted by Crippen LogP contribution is 2.36. The summed E-state index contributed by atoms with van der Waals surface area (Å²) in [6, 6.07) is 4.12. The normalized spacial score (nSPS) is 13.4. The first kappa shape index (κ1) is 16.4. The van der Waals surface area contributed by atoms with Crippen LogP contribution in [0.25, 0.3) is 0 Å². The maximum Gasteiger partial charge on any atom is 0.162 e. The van der Waals surface area contributed by atoms with E-state index >= 15 is 0 Å². The van der Waals surface area contributed by atoms with Gasteiger partial charge in [0.15, 0.2) is 11.5 Å². The monoisotopic (exact) mass is 313 g/mol. The maximum atomic E-state index is 8.61. The van der Waals surface area contributed by atoms with Crippen LogP contribution >= 0.6 is 11.8 Å². The molecule has 0 atom stereocenters. The van der Waals surface area contributed by atoms with E-state index in [2.05, 4.69) is 23.7 Å². The first-order valence-corrected chi connectivity index (χ1v) is 8.43. The lowest BCUT2D eigenvalue weighted by Crippen LogP contribution is -2.19. The van der Waals surface area contributed by atoms with Crippen molar-refractivity contribution >= 4 is 11.8 Å². The minimum atomic E-state index is 0.0850. The Morgan fingerprint density at radius 1 is 1.24 bits per heavy atom. The van der Waals surface area contributed by atoms with Gasteiger partial charge in [-0.1, -0.05) is 0 Å².